The molecule has 0 bridgehead atoms. The number of hydrogen-bond donors (Lipinski definition) is 3. The zero-order valence-electron chi connectivity index (χ0n) is 23.5. The first-order chi connectivity index (χ1) is 19.9. The molecule has 0 fully saturated rings. The first kappa shape index (κ1) is 32.4. The molecule has 0 unspecified atom stereocenters. The number of alkyl carbamates (subject to hydrolysis) is 1. The summed E-state index contributed by atoms with van der Waals surface area (Å²) in [7, 11) is 0. The summed E-state index contributed by atoms with van der Waals surface area (Å²) in [6.07, 6.45) is 0.821. The number of anilines is 1. The number of halogens is 2. The summed E-state index contributed by atoms with van der Waals surface area (Å²) >= 11 is 9.40. The number of hydrogen-bond acceptors (Lipinski definition) is 8. The van der Waals surface area contributed by atoms with Gasteiger partial charge in [-0.15, -0.1) is 0 Å². The van der Waals surface area contributed by atoms with Crippen LogP contribution in [-0.4, -0.2) is 46.6 Å². The molecule has 1 heterocycles. The van der Waals surface area contributed by atoms with E-state index < -0.39 is 17.6 Å². The number of guanidine groups is 1. The quantitative estimate of drug-likeness (QED) is 0.110. The van der Waals surface area contributed by atoms with Gasteiger partial charge in [-0.25, -0.2) is 9.79 Å². The third-order valence-electron chi connectivity index (χ3n) is 5.29. The third-order valence-corrected chi connectivity index (χ3v) is 6.11. The van der Waals surface area contributed by atoms with E-state index in [0.29, 0.717) is 39.9 Å². The van der Waals surface area contributed by atoms with Gasteiger partial charge in [0, 0.05) is 5.56 Å². The predicted octanol–water partition coefficient (Wildman–Crippen LogP) is 6.01. The highest BCUT2D eigenvalue weighted by Crippen LogP contribution is 2.27. The molecule has 0 saturated carbocycles. The highest BCUT2D eigenvalue weighted by molar-refractivity contribution is 9.09. The molecule has 0 aliphatic heterocycles. The molecule has 3 amide bonds. The summed E-state index contributed by atoms with van der Waals surface area (Å²) in [5.74, 6) is -0.147. The van der Waals surface area contributed by atoms with E-state index in [4.69, 9.17) is 25.6 Å². The van der Waals surface area contributed by atoms with E-state index >= 15 is 0 Å². The maximum atomic E-state index is 13.5. The van der Waals surface area contributed by atoms with Crippen LogP contribution >= 0.6 is 27.5 Å². The number of alkyl halides is 1. The fraction of sp³-hybridized carbons (Fsp3) is 0.276. The second kappa shape index (κ2) is 14.6. The van der Waals surface area contributed by atoms with Crippen LogP contribution in [0.15, 0.2) is 64.6 Å². The number of carbonyl (C=O) groups excluding carboxylic acids is 3. The summed E-state index contributed by atoms with van der Waals surface area (Å²) in [6.45, 7) is 10.7. The van der Waals surface area contributed by atoms with Gasteiger partial charge >= 0.3 is 6.09 Å². The molecule has 2 aromatic carbocycles. The molecule has 0 aliphatic rings. The van der Waals surface area contributed by atoms with Crippen LogP contribution in [0.1, 0.15) is 42.5 Å². The van der Waals surface area contributed by atoms with Crippen molar-refractivity contribution in [1.29, 1.82) is 0 Å². The number of nitrogens with one attached hydrogen (secondary N) is 3. The van der Waals surface area contributed by atoms with E-state index in [-0.39, 0.29) is 35.1 Å². The normalized spacial score (nSPS) is 11.4. The Labute approximate surface area is 256 Å². The fourth-order valence-electron chi connectivity index (χ4n) is 3.49. The van der Waals surface area contributed by atoms with Gasteiger partial charge in [-0.05, 0) is 69.7 Å². The summed E-state index contributed by atoms with van der Waals surface area (Å²) < 4.78 is 16.2. The lowest BCUT2D eigenvalue weighted by atomic mass is 10.1. The van der Waals surface area contributed by atoms with E-state index in [0.717, 1.165) is 0 Å². The van der Waals surface area contributed by atoms with Crippen molar-refractivity contribution in [2.24, 2.45) is 4.99 Å². The molecule has 13 heteroatoms. The van der Waals surface area contributed by atoms with Crippen LogP contribution in [0.3, 0.4) is 0 Å². The number of rotatable bonds is 9. The first-order valence-corrected chi connectivity index (χ1v) is 14.2. The minimum atomic E-state index is -0.815. The van der Waals surface area contributed by atoms with E-state index in [1.165, 1.54) is 0 Å². The number of nitrogens with zero attached hydrogens (tertiary/aromatic N) is 2. The van der Waals surface area contributed by atoms with E-state index in [1.807, 2.05) is 0 Å². The lowest BCUT2D eigenvalue weighted by Gasteiger charge is -2.20. The van der Waals surface area contributed by atoms with Crippen LogP contribution < -0.4 is 20.7 Å². The van der Waals surface area contributed by atoms with Crippen LogP contribution in [0.2, 0.25) is 5.02 Å². The van der Waals surface area contributed by atoms with Crippen molar-refractivity contribution < 1.29 is 28.4 Å². The van der Waals surface area contributed by atoms with Gasteiger partial charge in [-0.1, -0.05) is 51.4 Å². The van der Waals surface area contributed by atoms with Gasteiger partial charge in [0.15, 0.2) is 0 Å². The number of aryl methyl sites for hydroxylation is 1. The average molecular weight is 661 g/mol. The molecule has 42 heavy (non-hydrogen) atoms. The van der Waals surface area contributed by atoms with Gasteiger partial charge in [-0.3, -0.25) is 20.2 Å². The van der Waals surface area contributed by atoms with Crippen LogP contribution in [0, 0.1) is 6.92 Å². The third kappa shape index (κ3) is 9.45. The van der Waals surface area contributed by atoms with Crippen molar-refractivity contribution in [2.45, 2.75) is 39.8 Å². The van der Waals surface area contributed by atoms with Crippen molar-refractivity contribution >= 4 is 57.1 Å². The minimum Gasteiger partial charge on any atom is -0.490 e. The number of ether oxygens (including phenoxy) is 2. The van der Waals surface area contributed by atoms with Crippen molar-refractivity contribution in [1.82, 2.24) is 15.8 Å². The van der Waals surface area contributed by atoms with Crippen molar-refractivity contribution in [3.05, 3.63) is 77.0 Å². The minimum absolute atomic E-state index is 0.0272. The van der Waals surface area contributed by atoms with Crippen LogP contribution in [-0.2, 0) is 16.1 Å². The number of amides is 3. The van der Waals surface area contributed by atoms with Gasteiger partial charge in [0.2, 0.25) is 11.9 Å². The lowest BCUT2D eigenvalue weighted by molar-refractivity contribution is -0.113. The molecule has 1 aromatic heterocycles. The fourth-order valence-corrected chi connectivity index (χ4v) is 3.88. The molecule has 0 atom stereocenters. The predicted molar refractivity (Wildman–Crippen MR) is 164 cm³/mol. The molecular formula is C29H31BrClN5O6. The molecule has 222 valence electrons. The Balaban J connectivity index is 1.86. The Morgan fingerprint density at radius 3 is 2.48 bits per heavy atom. The molecule has 11 nitrogen and oxygen atoms in total. The SMILES string of the molecule is C=CCOc1ccc(-c2noc(C)c2C(=O)NC(=NCc2ccc(NC(=O)CBr)c(Cl)c2)NC(=O)OC(C)(C)C)cc1. The Kier molecular flexibility index (Phi) is 11.3. The van der Waals surface area contributed by atoms with Gasteiger partial charge < -0.3 is 19.3 Å². The summed E-state index contributed by atoms with van der Waals surface area (Å²) in [6, 6.07) is 11.9. The Morgan fingerprint density at radius 1 is 1.14 bits per heavy atom. The van der Waals surface area contributed by atoms with Crippen LogP contribution in [0.4, 0.5) is 10.5 Å². The monoisotopic (exact) mass is 659 g/mol. The molecule has 3 N–H and O–H groups in total. The van der Waals surface area contributed by atoms with E-state index in [9.17, 15) is 14.4 Å². The van der Waals surface area contributed by atoms with Gasteiger partial charge in [0.25, 0.3) is 5.91 Å². The van der Waals surface area contributed by atoms with Crippen molar-refractivity contribution in [3.63, 3.8) is 0 Å². The standard InChI is InChI=1S/C29H31BrClN5O6/c1-6-13-40-20-10-8-19(9-11-20)25-24(17(2)42-36-25)26(38)34-27(35-28(39)41-29(3,4)5)32-16-18-7-12-22(21(31)14-18)33-23(37)15-30/h6-12,14H,1,13,15-16H2,2-5H3,(H,33,37)(H2,32,34,35,38,39). The summed E-state index contributed by atoms with van der Waals surface area (Å²) in [4.78, 5) is 42.1. The Morgan fingerprint density at radius 2 is 1.86 bits per heavy atom. The zero-order chi connectivity index (χ0) is 30.9. The van der Waals surface area contributed by atoms with Gasteiger partial charge in [-0.2, -0.15) is 0 Å². The van der Waals surface area contributed by atoms with Crippen molar-refractivity contribution in [2.75, 3.05) is 17.3 Å². The number of benzene rings is 2. The number of carbonyl (C=O) groups is 3. The molecule has 0 spiro atoms. The number of aliphatic imine (C=N–C) groups is 1. The number of aromatic nitrogens is 1. The molecular weight excluding hydrogens is 630 g/mol. The molecule has 3 rings (SSSR count). The van der Waals surface area contributed by atoms with Crippen molar-refractivity contribution in [3.8, 4) is 17.0 Å². The maximum Gasteiger partial charge on any atom is 0.414 e. The average Bonchev–Trinajstić information content (AvgIpc) is 3.32. The second-order valence-corrected chi connectivity index (χ2v) is 10.8. The molecule has 0 aliphatic carbocycles. The molecule has 0 radical (unpaired) electrons. The van der Waals surface area contributed by atoms with Gasteiger partial charge in [0.1, 0.15) is 35.0 Å². The van der Waals surface area contributed by atoms with Gasteiger partial charge in [0.05, 0.1) is 22.6 Å². The highest BCUT2D eigenvalue weighted by Gasteiger charge is 2.24. The topological polar surface area (TPSA) is 144 Å². The van der Waals surface area contributed by atoms with E-state index in [1.54, 1.807) is 76.2 Å². The smallest absolute Gasteiger partial charge is 0.414 e. The summed E-state index contributed by atoms with van der Waals surface area (Å²) in [5.41, 5.74) is 1.36. The lowest BCUT2D eigenvalue weighted by Crippen LogP contribution is -2.46. The molecule has 3 aromatic rings. The zero-order valence-corrected chi connectivity index (χ0v) is 25.9. The van der Waals surface area contributed by atoms with Crippen LogP contribution in [0.5, 0.6) is 5.75 Å². The largest absolute Gasteiger partial charge is 0.490 e. The maximum absolute atomic E-state index is 13.5. The Hall–Kier alpha value is -4.16. The first-order valence-electron chi connectivity index (χ1n) is 12.7. The Bertz CT molecular complexity index is 1480. The van der Waals surface area contributed by atoms with Crippen LogP contribution in [0.25, 0.3) is 11.3 Å². The highest BCUT2D eigenvalue weighted by atomic mass is 79.9. The molecule has 0 saturated heterocycles. The second-order valence-electron chi connectivity index (χ2n) is 9.83. The summed E-state index contributed by atoms with van der Waals surface area (Å²) in [5, 5.41) is 12.3. The van der Waals surface area contributed by atoms with E-state index in [2.05, 4.69) is 48.6 Å².